The first-order chi connectivity index (χ1) is 10.2. The lowest BCUT2D eigenvalue weighted by atomic mass is 10.0. The van der Waals surface area contributed by atoms with Gasteiger partial charge in [-0.15, -0.1) is 0 Å². The number of nitrogens with zero attached hydrogens (tertiary/aromatic N) is 3. The molecule has 0 aliphatic carbocycles. The molecule has 0 spiro atoms. The highest BCUT2D eigenvalue weighted by Crippen LogP contribution is 2.17. The Morgan fingerprint density at radius 2 is 2.33 bits per heavy atom. The molecule has 1 aliphatic rings. The summed E-state index contributed by atoms with van der Waals surface area (Å²) in [5.41, 5.74) is 0.364. The molecule has 1 aliphatic heterocycles. The van der Waals surface area contributed by atoms with Gasteiger partial charge in [0.2, 0.25) is 0 Å². The average Bonchev–Trinajstić information content (AvgIpc) is 2.98. The van der Waals surface area contributed by atoms with E-state index in [4.69, 9.17) is 4.74 Å². The van der Waals surface area contributed by atoms with Crippen molar-refractivity contribution in [2.75, 3.05) is 25.0 Å². The van der Waals surface area contributed by atoms with Crippen molar-refractivity contribution in [3.8, 4) is 5.82 Å². The molecule has 0 radical (unpaired) electrons. The number of carbonyl (C=O) groups is 1. The molecular weight excluding hydrogens is 270 g/mol. The van der Waals surface area contributed by atoms with Gasteiger partial charge in [-0.25, -0.2) is 9.67 Å². The minimum atomic E-state index is -0.239. The molecule has 0 bridgehead atoms. The van der Waals surface area contributed by atoms with Crippen LogP contribution in [0.4, 0.5) is 5.69 Å². The van der Waals surface area contributed by atoms with Crippen LogP contribution in [0, 0.1) is 0 Å². The number of anilines is 1. The summed E-state index contributed by atoms with van der Waals surface area (Å²) in [6, 6.07) is 5.35. The monoisotopic (exact) mass is 287 g/mol. The highest BCUT2D eigenvalue weighted by molar-refractivity contribution is 5.93. The molecule has 3 heterocycles. The predicted octanol–water partition coefficient (Wildman–Crippen LogP) is 0.584. The molecule has 21 heavy (non-hydrogen) atoms. The van der Waals surface area contributed by atoms with Crippen LogP contribution >= 0.6 is 0 Å². The molecule has 7 heteroatoms. The first kappa shape index (κ1) is 13.7. The number of ether oxygens (including phenoxy) is 1. The minimum Gasteiger partial charge on any atom is -0.363 e. The van der Waals surface area contributed by atoms with Gasteiger partial charge in [0.25, 0.3) is 5.91 Å². The van der Waals surface area contributed by atoms with Crippen molar-refractivity contribution in [1.82, 2.24) is 20.1 Å². The van der Waals surface area contributed by atoms with Crippen LogP contribution < -0.4 is 10.6 Å². The summed E-state index contributed by atoms with van der Waals surface area (Å²) in [7, 11) is 0. The highest BCUT2D eigenvalue weighted by Gasteiger charge is 2.33. The first-order valence-corrected chi connectivity index (χ1v) is 6.76. The van der Waals surface area contributed by atoms with Gasteiger partial charge in [-0.3, -0.25) is 4.79 Å². The topological polar surface area (TPSA) is 81.1 Å². The molecular formula is C14H17N5O2. The van der Waals surface area contributed by atoms with Crippen LogP contribution in [0.2, 0.25) is 0 Å². The summed E-state index contributed by atoms with van der Waals surface area (Å²) in [4.78, 5) is 16.3. The lowest BCUT2D eigenvalue weighted by Crippen LogP contribution is -2.59. The number of rotatable bonds is 5. The summed E-state index contributed by atoms with van der Waals surface area (Å²) < 4.78 is 7.22. The molecule has 7 nitrogen and oxygen atoms in total. The Morgan fingerprint density at radius 3 is 3.00 bits per heavy atom. The summed E-state index contributed by atoms with van der Waals surface area (Å²) in [5.74, 6) is 0.372. The second-order valence-corrected chi connectivity index (χ2v) is 5.22. The van der Waals surface area contributed by atoms with Gasteiger partial charge < -0.3 is 15.4 Å². The second-order valence-electron chi connectivity index (χ2n) is 5.22. The van der Waals surface area contributed by atoms with Crippen LogP contribution in [0.15, 0.2) is 36.8 Å². The predicted molar refractivity (Wildman–Crippen MR) is 77.2 cm³/mol. The molecule has 110 valence electrons. The molecule has 1 fully saturated rings. The van der Waals surface area contributed by atoms with Gasteiger partial charge in [0.1, 0.15) is 6.61 Å². The fourth-order valence-electron chi connectivity index (χ4n) is 2.08. The first-order valence-electron chi connectivity index (χ1n) is 6.76. The van der Waals surface area contributed by atoms with Crippen molar-refractivity contribution >= 4 is 11.6 Å². The number of carbonyl (C=O) groups excluding carboxylic acids is 1. The number of aromatic nitrogens is 3. The SMILES string of the molecule is CC1(OCC(=O)Nc2cccnc2-n2cccn2)CNC1. The molecule has 3 rings (SSSR count). The van der Waals surface area contributed by atoms with Crippen molar-refractivity contribution < 1.29 is 9.53 Å². The van der Waals surface area contributed by atoms with Gasteiger partial charge in [-0.1, -0.05) is 0 Å². The minimum absolute atomic E-state index is 0.0195. The van der Waals surface area contributed by atoms with Gasteiger partial charge in [0, 0.05) is 31.7 Å². The molecule has 1 saturated heterocycles. The standard InChI is InChI=1S/C14H17N5O2/c1-14(9-15-10-14)21-8-12(20)18-11-4-2-5-16-13(11)19-7-3-6-17-19/h2-7,15H,8-10H2,1H3,(H,18,20). The van der Waals surface area contributed by atoms with E-state index < -0.39 is 0 Å². The molecule has 2 N–H and O–H groups in total. The molecule has 2 aromatic heterocycles. The molecule has 2 aromatic rings. The van der Waals surface area contributed by atoms with E-state index in [9.17, 15) is 4.79 Å². The van der Waals surface area contributed by atoms with Crippen LogP contribution in [0.3, 0.4) is 0 Å². The molecule has 1 amide bonds. The number of hydrogen-bond donors (Lipinski definition) is 2. The fourth-order valence-corrected chi connectivity index (χ4v) is 2.08. The Labute approximate surface area is 122 Å². The van der Waals surface area contributed by atoms with Crippen LogP contribution in [0.1, 0.15) is 6.92 Å². The van der Waals surface area contributed by atoms with E-state index in [-0.39, 0.29) is 18.1 Å². The van der Waals surface area contributed by atoms with Gasteiger partial charge in [0.05, 0.1) is 11.3 Å². The molecule has 0 atom stereocenters. The number of hydrogen-bond acceptors (Lipinski definition) is 5. The van der Waals surface area contributed by atoms with Crippen LogP contribution in [-0.4, -0.2) is 46.0 Å². The average molecular weight is 287 g/mol. The highest BCUT2D eigenvalue weighted by atomic mass is 16.5. The van der Waals surface area contributed by atoms with E-state index in [1.165, 1.54) is 0 Å². The second kappa shape index (κ2) is 5.63. The maximum Gasteiger partial charge on any atom is 0.250 e. The third kappa shape index (κ3) is 3.09. The summed E-state index contributed by atoms with van der Waals surface area (Å²) in [6.45, 7) is 3.54. The van der Waals surface area contributed by atoms with Crippen molar-refractivity contribution in [1.29, 1.82) is 0 Å². The maximum absolute atomic E-state index is 12.0. The van der Waals surface area contributed by atoms with E-state index in [0.717, 1.165) is 13.1 Å². The Kier molecular flexibility index (Phi) is 3.68. The lowest BCUT2D eigenvalue weighted by molar-refractivity contribution is -0.130. The van der Waals surface area contributed by atoms with Crippen LogP contribution in [0.5, 0.6) is 0 Å². The number of nitrogens with one attached hydrogen (secondary N) is 2. The van der Waals surface area contributed by atoms with Gasteiger partial charge in [-0.2, -0.15) is 5.10 Å². The van der Waals surface area contributed by atoms with Crippen molar-refractivity contribution in [3.63, 3.8) is 0 Å². The Balaban J connectivity index is 1.66. The molecule has 0 saturated carbocycles. The number of amides is 1. The third-order valence-electron chi connectivity index (χ3n) is 3.33. The number of pyridine rings is 1. The summed E-state index contributed by atoms with van der Waals surface area (Å²) in [6.07, 6.45) is 5.09. The quantitative estimate of drug-likeness (QED) is 0.841. The Morgan fingerprint density at radius 1 is 1.48 bits per heavy atom. The Bertz CT molecular complexity index is 622. The third-order valence-corrected chi connectivity index (χ3v) is 3.33. The van der Waals surface area contributed by atoms with E-state index in [0.29, 0.717) is 11.5 Å². The van der Waals surface area contributed by atoms with E-state index in [1.807, 2.05) is 6.92 Å². The Hall–Kier alpha value is -2.25. The van der Waals surface area contributed by atoms with Crippen molar-refractivity contribution in [2.45, 2.75) is 12.5 Å². The zero-order valence-electron chi connectivity index (χ0n) is 11.7. The van der Waals surface area contributed by atoms with Crippen LogP contribution in [-0.2, 0) is 9.53 Å². The zero-order chi connectivity index (χ0) is 14.7. The normalized spacial score (nSPS) is 16.2. The van der Waals surface area contributed by atoms with Crippen molar-refractivity contribution in [2.24, 2.45) is 0 Å². The molecule has 0 unspecified atom stereocenters. The van der Waals surface area contributed by atoms with Crippen LogP contribution in [0.25, 0.3) is 5.82 Å². The summed E-state index contributed by atoms with van der Waals surface area (Å²) >= 11 is 0. The van der Waals surface area contributed by atoms with E-state index in [1.54, 1.807) is 41.5 Å². The van der Waals surface area contributed by atoms with Gasteiger partial charge >= 0.3 is 0 Å². The summed E-state index contributed by atoms with van der Waals surface area (Å²) in [5, 5.41) is 10.1. The van der Waals surface area contributed by atoms with E-state index in [2.05, 4.69) is 20.7 Å². The zero-order valence-corrected chi connectivity index (χ0v) is 11.7. The van der Waals surface area contributed by atoms with E-state index >= 15 is 0 Å². The van der Waals surface area contributed by atoms with Crippen molar-refractivity contribution in [3.05, 3.63) is 36.8 Å². The van der Waals surface area contributed by atoms with Gasteiger partial charge in [0.15, 0.2) is 5.82 Å². The smallest absolute Gasteiger partial charge is 0.250 e. The maximum atomic E-state index is 12.0. The lowest BCUT2D eigenvalue weighted by Gasteiger charge is -2.38. The van der Waals surface area contributed by atoms with Gasteiger partial charge in [-0.05, 0) is 25.1 Å². The fraction of sp³-hybridized carbons (Fsp3) is 0.357. The molecule has 0 aromatic carbocycles. The largest absolute Gasteiger partial charge is 0.363 e.